The van der Waals surface area contributed by atoms with E-state index in [0.717, 1.165) is 24.0 Å². The predicted octanol–water partition coefficient (Wildman–Crippen LogP) is 5.08. The minimum Gasteiger partial charge on any atom is -0.486 e. The van der Waals surface area contributed by atoms with Crippen molar-refractivity contribution in [1.29, 1.82) is 0 Å². The van der Waals surface area contributed by atoms with Crippen molar-refractivity contribution in [3.8, 4) is 16.9 Å². The quantitative estimate of drug-likeness (QED) is 0.486. The third kappa shape index (κ3) is 5.02. The van der Waals surface area contributed by atoms with E-state index < -0.39 is 6.04 Å². The Morgan fingerprint density at radius 1 is 0.969 bits per heavy atom. The fraction of sp³-hybridized carbons (Fsp3) is 0.308. The maximum atomic E-state index is 13.0. The van der Waals surface area contributed by atoms with E-state index in [2.05, 4.69) is 12.1 Å². The van der Waals surface area contributed by atoms with E-state index >= 15 is 0 Å². The van der Waals surface area contributed by atoms with Crippen molar-refractivity contribution in [2.45, 2.75) is 38.8 Å². The van der Waals surface area contributed by atoms with Gasteiger partial charge in [-0.15, -0.1) is 0 Å². The minimum atomic E-state index is -0.552. The maximum Gasteiger partial charge on any atom is 0.328 e. The highest BCUT2D eigenvalue weighted by atomic mass is 16.5. The first kappa shape index (κ1) is 21.7. The zero-order chi connectivity index (χ0) is 22.3. The predicted molar refractivity (Wildman–Crippen MR) is 120 cm³/mol. The number of benzene rings is 2. The number of carbonyl (C=O) groups excluding carboxylic acids is 2. The molecule has 0 aliphatic carbocycles. The van der Waals surface area contributed by atoms with Crippen molar-refractivity contribution in [2.75, 3.05) is 13.2 Å². The summed E-state index contributed by atoms with van der Waals surface area (Å²) in [4.78, 5) is 26.8. The van der Waals surface area contributed by atoms with Crippen LogP contribution in [0, 0.1) is 0 Å². The Labute approximate surface area is 187 Å². The first-order valence-electron chi connectivity index (χ1n) is 11.0. The van der Waals surface area contributed by atoms with E-state index in [1.165, 1.54) is 0 Å². The standard InChI is InChI=1S/C26H27NO5/c1-2-30-26(29)23-10-6-7-17-27(23)25(28)24-16-15-22(32-24)18-31-21-13-11-20(12-14-21)19-8-4-3-5-9-19/h3-5,8-9,11-16,23H,2,6-7,10,17-18H2,1H3/t23-/m1/s1. The van der Waals surface area contributed by atoms with Crippen LogP contribution >= 0.6 is 0 Å². The van der Waals surface area contributed by atoms with Crippen LogP contribution < -0.4 is 4.74 Å². The van der Waals surface area contributed by atoms with E-state index in [0.29, 0.717) is 31.1 Å². The van der Waals surface area contributed by atoms with Gasteiger partial charge in [-0.05, 0) is 61.6 Å². The van der Waals surface area contributed by atoms with Gasteiger partial charge in [-0.1, -0.05) is 42.5 Å². The summed E-state index contributed by atoms with van der Waals surface area (Å²) in [6.07, 6.45) is 2.37. The molecule has 1 fully saturated rings. The van der Waals surface area contributed by atoms with E-state index in [-0.39, 0.29) is 24.2 Å². The number of furan rings is 1. The second kappa shape index (κ2) is 10.2. The van der Waals surface area contributed by atoms with Gasteiger partial charge in [0.2, 0.25) is 0 Å². The largest absolute Gasteiger partial charge is 0.486 e. The van der Waals surface area contributed by atoms with Gasteiger partial charge in [0.15, 0.2) is 5.76 Å². The molecule has 166 valence electrons. The van der Waals surface area contributed by atoms with Crippen molar-refractivity contribution in [1.82, 2.24) is 4.90 Å². The van der Waals surface area contributed by atoms with Gasteiger partial charge in [0.1, 0.15) is 24.2 Å². The summed E-state index contributed by atoms with van der Waals surface area (Å²) in [6.45, 7) is 2.79. The Morgan fingerprint density at radius 3 is 2.47 bits per heavy atom. The number of hydrogen-bond donors (Lipinski definition) is 0. The van der Waals surface area contributed by atoms with Crippen LogP contribution in [0.5, 0.6) is 5.75 Å². The molecule has 2 heterocycles. The van der Waals surface area contributed by atoms with E-state index in [1.54, 1.807) is 24.0 Å². The summed E-state index contributed by atoms with van der Waals surface area (Å²) in [6, 6.07) is 20.8. The molecule has 2 aromatic carbocycles. The molecule has 3 aromatic rings. The van der Waals surface area contributed by atoms with Crippen molar-refractivity contribution in [3.63, 3.8) is 0 Å². The summed E-state index contributed by atoms with van der Waals surface area (Å²) < 4.78 is 16.7. The fourth-order valence-electron chi connectivity index (χ4n) is 3.90. The molecule has 0 bridgehead atoms. The van der Waals surface area contributed by atoms with Gasteiger partial charge in [-0.2, -0.15) is 0 Å². The lowest BCUT2D eigenvalue weighted by Crippen LogP contribution is -2.48. The second-order valence-corrected chi connectivity index (χ2v) is 7.71. The Kier molecular flexibility index (Phi) is 6.90. The average molecular weight is 434 g/mol. The molecule has 1 amide bonds. The molecule has 32 heavy (non-hydrogen) atoms. The monoisotopic (exact) mass is 433 g/mol. The van der Waals surface area contributed by atoms with Crippen molar-refractivity contribution >= 4 is 11.9 Å². The lowest BCUT2D eigenvalue weighted by Gasteiger charge is -2.33. The van der Waals surface area contributed by atoms with Crippen molar-refractivity contribution < 1.29 is 23.5 Å². The molecule has 1 aliphatic heterocycles. The molecule has 6 nitrogen and oxygen atoms in total. The SMILES string of the molecule is CCOC(=O)[C@H]1CCCCN1C(=O)c1ccc(COc2ccc(-c3ccccc3)cc2)o1. The Balaban J connectivity index is 1.37. The van der Waals surface area contributed by atoms with Gasteiger partial charge in [0.05, 0.1) is 6.61 Å². The number of nitrogens with zero attached hydrogens (tertiary/aromatic N) is 1. The van der Waals surface area contributed by atoms with Gasteiger partial charge < -0.3 is 18.8 Å². The number of carbonyl (C=O) groups is 2. The number of esters is 1. The molecule has 0 spiro atoms. The molecule has 0 saturated carbocycles. The highest BCUT2D eigenvalue weighted by Crippen LogP contribution is 2.24. The molecule has 0 N–H and O–H groups in total. The van der Waals surface area contributed by atoms with Crippen LogP contribution in [0.15, 0.2) is 71.1 Å². The van der Waals surface area contributed by atoms with Gasteiger partial charge >= 0.3 is 5.97 Å². The molecule has 1 saturated heterocycles. The van der Waals surface area contributed by atoms with E-state index in [1.807, 2.05) is 42.5 Å². The lowest BCUT2D eigenvalue weighted by atomic mass is 10.0. The Morgan fingerprint density at radius 2 is 1.72 bits per heavy atom. The van der Waals surface area contributed by atoms with Crippen LogP contribution in [-0.4, -0.2) is 36.0 Å². The lowest BCUT2D eigenvalue weighted by molar-refractivity contribution is -0.149. The second-order valence-electron chi connectivity index (χ2n) is 7.71. The third-order valence-electron chi connectivity index (χ3n) is 5.54. The first-order valence-corrected chi connectivity index (χ1v) is 11.0. The molecule has 6 heteroatoms. The number of hydrogen-bond acceptors (Lipinski definition) is 5. The molecule has 1 aliphatic rings. The zero-order valence-electron chi connectivity index (χ0n) is 18.2. The highest BCUT2D eigenvalue weighted by molar-refractivity contribution is 5.94. The average Bonchev–Trinajstić information content (AvgIpc) is 3.32. The van der Waals surface area contributed by atoms with Crippen LogP contribution in [0.25, 0.3) is 11.1 Å². The maximum absolute atomic E-state index is 13.0. The summed E-state index contributed by atoms with van der Waals surface area (Å²) in [5.74, 6) is 0.826. The van der Waals surface area contributed by atoms with Crippen LogP contribution in [0.3, 0.4) is 0 Å². The fourth-order valence-corrected chi connectivity index (χ4v) is 3.90. The first-order chi connectivity index (χ1) is 15.7. The Hall–Kier alpha value is -3.54. The topological polar surface area (TPSA) is 69.0 Å². The molecule has 0 radical (unpaired) electrons. The minimum absolute atomic E-state index is 0.208. The summed E-state index contributed by atoms with van der Waals surface area (Å²) in [7, 11) is 0. The summed E-state index contributed by atoms with van der Waals surface area (Å²) in [5, 5.41) is 0. The van der Waals surface area contributed by atoms with Gasteiger partial charge in [0, 0.05) is 6.54 Å². The Bertz CT molecular complexity index is 1040. The number of likely N-dealkylation sites (tertiary alicyclic amines) is 1. The van der Waals surface area contributed by atoms with E-state index in [9.17, 15) is 9.59 Å². The van der Waals surface area contributed by atoms with Crippen LogP contribution in [-0.2, 0) is 16.1 Å². The molecular weight excluding hydrogens is 406 g/mol. The van der Waals surface area contributed by atoms with Crippen molar-refractivity contribution in [3.05, 3.63) is 78.3 Å². The number of amides is 1. The number of ether oxygens (including phenoxy) is 2. The normalized spacial score (nSPS) is 15.9. The molecule has 1 aromatic heterocycles. The number of rotatable bonds is 7. The van der Waals surface area contributed by atoms with Gasteiger partial charge in [-0.25, -0.2) is 4.79 Å². The zero-order valence-corrected chi connectivity index (χ0v) is 18.2. The molecular formula is C26H27NO5. The number of piperidine rings is 1. The summed E-state index contributed by atoms with van der Waals surface area (Å²) in [5.41, 5.74) is 2.26. The van der Waals surface area contributed by atoms with Gasteiger partial charge in [-0.3, -0.25) is 4.79 Å². The van der Waals surface area contributed by atoms with Gasteiger partial charge in [0.25, 0.3) is 5.91 Å². The smallest absolute Gasteiger partial charge is 0.328 e. The van der Waals surface area contributed by atoms with Crippen molar-refractivity contribution in [2.24, 2.45) is 0 Å². The third-order valence-corrected chi connectivity index (χ3v) is 5.54. The van der Waals surface area contributed by atoms with Crippen LogP contribution in [0.1, 0.15) is 42.5 Å². The molecule has 0 unspecified atom stereocenters. The van der Waals surface area contributed by atoms with E-state index in [4.69, 9.17) is 13.9 Å². The summed E-state index contributed by atoms with van der Waals surface area (Å²) >= 11 is 0. The van der Waals surface area contributed by atoms with Crippen LogP contribution in [0.2, 0.25) is 0 Å². The molecule has 1 atom stereocenters. The molecule has 4 rings (SSSR count). The van der Waals surface area contributed by atoms with Crippen LogP contribution in [0.4, 0.5) is 0 Å². The highest BCUT2D eigenvalue weighted by Gasteiger charge is 2.34.